The molecule has 28 heavy (non-hydrogen) atoms. The van der Waals surface area contributed by atoms with Gasteiger partial charge in [0.25, 0.3) is 5.69 Å². The topological polar surface area (TPSA) is 78.2 Å². The largest absolute Gasteiger partial charge is 0.454 e. The SMILES string of the molecule is O=[N+]([O-])c1ccc(Oc2cc3ccccc3cc2-c2ccnc(Cl)n2)c(F)c1. The van der Waals surface area contributed by atoms with Gasteiger partial charge in [-0.15, -0.1) is 0 Å². The van der Waals surface area contributed by atoms with E-state index in [-0.39, 0.29) is 16.7 Å². The number of fused-ring (bicyclic) bond motifs is 1. The van der Waals surface area contributed by atoms with Crippen LogP contribution in [0.1, 0.15) is 0 Å². The first-order valence-corrected chi connectivity index (χ1v) is 8.52. The van der Waals surface area contributed by atoms with Gasteiger partial charge >= 0.3 is 0 Å². The summed E-state index contributed by atoms with van der Waals surface area (Å²) in [6.07, 6.45) is 1.51. The number of hydrogen-bond donors (Lipinski definition) is 0. The first-order chi connectivity index (χ1) is 13.5. The Bertz CT molecular complexity index is 1220. The predicted molar refractivity (Wildman–Crippen MR) is 103 cm³/mol. The van der Waals surface area contributed by atoms with E-state index in [0.29, 0.717) is 17.0 Å². The van der Waals surface area contributed by atoms with Crippen molar-refractivity contribution in [1.29, 1.82) is 0 Å². The maximum Gasteiger partial charge on any atom is 0.272 e. The molecule has 0 aliphatic carbocycles. The summed E-state index contributed by atoms with van der Waals surface area (Å²) in [4.78, 5) is 18.2. The number of nitro benzene ring substituents is 1. The second kappa shape index (κ2) is 7.21. The van der Waals surface area contributed by atoms with E-state index in [4.69, 9.17) is 16.3 Å². The first kappa shape index (κ1) is 17.8. The third kappa shape index (κ3) is 3.47. The van der Waals surface area contributed by atoms with Gasteiger partial charge in [0, 0.05) is 17.8 Å². The summed E-state index contributed by atoms with van der Waals surface area (Å²) >= 11 is 5.91. The molecule has 0 aliphatic heterocycles. The number of hydrogen-bond acceptors (Lipinski definition) is 5. The molecule has 0 unspecified atom stereocenters. The highest BCUT2D eigenvalue weighted by atomic mass is 35.5. The minimum absolute atomic E-state index is 0.0677. The van der Waals surface area contributed by atoms with Gasteiger partial charge in [0.1, 0.15) is 5.75 Å². The summed E-state index contributed by atoms with van der Waals surface area (Å²) in [5, 5.41) is 12.7. The van der Waals surface area contributed by atoms with Crippen molar-refractivity contribution >= 4 is 28.1 Å². The van der Waals surface area contributed by atoms with Crippen LogP contribution in [0, 0.1) is 15.9 Å². The van der Waals surface area contributed by atoms with Crippen LogP contribution in [0.5, 0.6) is 11.5 Å². The first-order valence-electron chi connectivity index (χ1n) is 8.15. The number of rotatable bonds is 4. The van der Waals surface area contributed by atoms with E-state index in [1.54, 1.807) is 12.1 Å². The Balaban J connectivity index is 1.85. The molecule has 4 aromatic rings. The number of benzene rings is 3. The van der Waals surface area contributed by atoms with Gasteiger partial charge in [-0.05, 0) is 46.6 Å². The van der Waals surface area contributed by atoms with Gasteiger partial charge in [-0.2, -0.15) is 0 Å². The second-order valence-electron chi connectivity index (χ2n) is 5.88. The second-order valence-corrected chi connectivity index (χ2v) is 6.22. The van der Waals surface area contributed by atoms with E-state index >= 15 is 0 Å². The van der Waals surface area contributed by atoms with Crippen molar-refractivity contribution in [3.05, 3.63) is 88.1 Å². The van der Waals surface area contributed by atoms with Gasteiger partial charge in [-0.1, -0.05) is 24.3 Å². The molecule has 0 atom stereocenters. The minimum atomic E-state index is -0.839. The van der Waals surface area contributed by atoms with E-state index < -0.39 is 10.7 Å². The average Bonchev–Trinajstić information content (AvgIpc) is 2.69. The van der Waals surface area contributed by atoms with Crippen molar-refractivity contribution in [1.82, 2.24) is 9.97 Å². The molecule has 138 valence electrons. The van der Waals surface area contributed by atoms with Gasteiger partial charge in [0.05, 0.1) is 16.7 Å². The molecule has 4 rings (SSSR count). The lowest BCUT2D eigenvalue weighted by Gasteiger charge is -2.13. The highest BCUT2D eigenvalue weighted by Gasteiger charge is 2.16. The molecule has 0 aliphatic rings. The highest BCUT2D eigenvalue weighted by Crippen LogP contribution is 2.37. The van der Waals surface area contributed by atoms with E-state index in [1.807, 2.05) is 30.3 Å². The van der Waals surface area contributed by atoms with Gasteiger partial charge in [-0.3, -0.25) is 10.1 Å². The Morgan fingerprint density at radius 2 is 1.75 bits per heavy atom. The van der Waals surface area contributed by atoms with Crippen LogP contribution in [0.15, 0.2) is 66.9 Å². The van der Waals surface area contributed by atoms with Crippen molar-refractivity contribution in [3.8, 4) is 22.8 Å². The predicted octanol–water partition coefficient (Wildman–Crippen LogP) is 5.79. The molecule has 1 heterocycles. The van der Waals surface area contributed by atoms with Crippen LogP contribution in [0.25, 0.3) is 22.0 Å². The van der Waals surface area contributed by atoms with Gasteiger partial charge in [0.15, 0.2) is 11.6 Å². The van der Waals surface area contributed by atoms with Gasteiger partial charge in [-0.25, -0.2) is 14.4 Å². The summed E-state index contributed by atoms with van der Waals surface area (Å²) < 4.78 is 20.1. The Labute approximate surface area is 163 Å². The van der Waals surface area contributed by atoms with Crippen molar-refractivity contribution in [2.75, 3.05) is 0 Å². The van der Waals surface area contributed by atoms with Crippen LogP contribution < -0.4 is 4.74 Å². The summed E-state index contributed by atoms with van der Waals surface area (Å²) in [5.74, 6) is -0.641. The zero-order valence-electron chi connectivity index (χ0n) is 14.2. The number of halogens is 2. The Morgan fingerprint density at radius 3 is 2.43 bits per heavy atom. The fourth-order valence-corrected chi connectivity index (χ4v) is 2.94. The molecule has 3 aromatic carbocycles. The molecule has 1 aromatic heterocycles. The maximum atomic E-state index is 14.3. The number of ether oxygens (including phenoxy) is 1. The molecule has 0 saturated heterocycles. The lowest BCUT2D eigenvalue weighted by atomic mass is 10.0. The van der Waals surface area contributed by atoms with Crippen molar-refractivity contribution in [2.24, 2.45) is 0 Å². The molecule has 0 amide bonds. The summed E-state index contributed by atoms with van der Waals surface area (Å²) in [6, 6.07) is 16.1. The van der Waals surface area contributed by atoms with Crippen molar-refractivity contribution < 1.29 is 14.1 Å². The smallest absolute Gasteiger partial charge is 0.272 e. The third-order valence-corrected chi connectivity index (χ3v) is 4.28. The van der Waals surface area contributed by atoms with Gasteiger partial charge in [0.2, 0.25) is 5.28 Å². The molecular formula is C20H11ClFN3O3. The molecule has 8 heteroatoms. The Hall–Kier alpha value is -3.58. The van der Waals surface area contributed by atoms with Crippen molar-refractivity contribution in [3.63, 3.8) is 0 Å². The Morgan fingerprint density at radius 1 is 1.00 bits per heavy atom. The standard InChI is InChI=1S/C20H11ClFN3O3/c21-20-23-8-7-17(24-20)15-9-12-3-1-2-4-13(12)10-19(15)28-18-6-5-14(25(26)27)11-16(18)22/h1-11H. The van der Waals surface area contributed by atoms with Crippen LogP contribution in [0.3, 0.4) is 0 Å². The fraction of sp³-hybridized carbons (Fsp3) is 0. The van der Waals surface area contributed by atoms with Crippen LogP contribution in [0.4, 0.5) is 10.1 Å². The molecule has 0 bridgehead atoms. The summed E-state index contributed by atoms with van der Waals surface area (Å²) in [7, 11) is 0. The van der Waals surface area contributed by atoms with E-state index in [9.17, 15) is 14.5 Å². The van der Waals surface area contributed by atoms with E-state index in [0.717, 1.165) is 16.8 Å². The number of nitro groups is 1. The normalized spacial score (nSPS) is 10.8. The summed E-state index contributed by atoms with van der Waals surface area (Å²) in [6.45, 7) is 0. The molecule has 0 saturated carbocycles. The van der Waals surface area contributed by atoms with Gasteiger partial charge < -0.3 is 4.74 Å². The molecule has 0 spiro atoms. The monoisotopic (exact) mass is 395 g/mol. The van der Waals surface area contributed by atoms with E-state index in [1.165, 1.54) is 18.3 Å². The molecule has 0 radical (unpaired) electrons. The third-order valence-electron chi connectivity index (χ3n) is 4.10. The van der Waals surface area contributed by atoms with Crippen LogP contribution in [0.2, 0.25) is 5.28 Å². The molecular weight excluding hydrogens is 385 g/mol. The van der Waals surface area contributed by atoms with Crippen LogP contribution in [-0.4, -0.2) is 14.9 Å². The lowest BCUT2D eigenvalue weighted by molar-refractivity contribution is -0.385. The number of aromatic nitrogens is 2. The fourth-order valence-electron chi connectivity index (χ4n) is 2.79. The quantitative estimate of drug-likeness (QED) is 0.248. The number of non-ortho nitro benzene ring substituents is 1. The van der Waals surface area contributed by atoms with Crippen LogP contribution in [-0.2, 0) is 0 Å². The molecule has 0 N–H and O–H groups in total. The Kier molecular flexibility index (Phi) is 4.58. The lowest BCUT2D eigenvalue weighted by Crippen LogP contribution is -1.95. The van der Waals surface area contributed by atoms with Crippen molar-refractivity contribution in [2.45, 2.75) is 0 Å². The highest BCUT2D eigenvalue weighted by molar-refractivity contribution is 6.28. The minimum Gasteiger partial charge on any atom is -0.454 e. The maximum absolute atomic E-state index is 14.3. The zero-order chi connectivity index (χ0) is 19.7. The van der Waals surface area contributed by atoms with Crippen LogP contribution >= 0.6 is 11.6 Å². The zero-order valence-corrected chi connectivity index (χ0v) is 14.9. The number of nitrogens with zero attached hydrogens (tertiary/aromatic N) is 3. The summed E-state index contributed by atoms with van der Waals surface area (Å²) in [5.41, 5.74) is 0.731. The molecule has 6 nitrogen and oxygen atoms in total. The average molecular weight is 396 g/mol. The van der Waals surface area contributed by atoms with E-state index in [2.05, 4.69) is 9.97 Å². The molecule has 0 fully saturated rings.